The van der Waals surface area contributed by atoms with Crippen LogP contribution in [0.5, 0.6) is 0 Å². The molecule has 1 aromatic rings. The maximum Gasteiger partial charge on any atom is 0.175 e. The van der Waals surface area contributed by atoms with Gasteiger partial charge in [-0.15, -0.1) is 0 Å². The van der Waals surface area contributed by atoms with Crippen LogP contribution in [0.3, 0.4) is 0 Å². The summed E-state index contributed by atoms with van der Waals surface area (Å²) in [5.74, 6) is 2.37. The molecule has 5 heteroatoms. The maximum atomic E-state index is 11.4. The maximum absolute atomic E-state index is 11.4. The fourth-order valence-electron chi connectivity index (χ4n) is 1.89. The Balaban J connectivity index is 2.11. The summed E-state index contributed by atoms with van der Waals surface area (Å²) in [4.78, 5) is 0.382. The molecular weight excluding hydrogens is 254 g/mol. The summed E-state index contributed by atoms with van der Waals surface area (Å²) in [5, 5.41) is 3.42. The normalized spacial score (nSPS) is 17.9. The zero-order chi connectivity index (χ0) is 12.3. The van der Waals surface area contributed by atoms with Crippen molar-refractivity contribution in [2.45, 2.75) is 23.8 Å². The molecule has 1 aliphatic heterocycles. The Morgan fingerprint density at radius 2 is 2.00 bits per heavy atom. The van der Waals surface area contributed by atoms with Gasteiger partial charge in [-0.25, -0.2) is 8.42 Å². The summed E-state index contributed by atoms with van der Waals surface area (Å²) in [7, 11) is -3.11. The third kappa shape index (κ3) is 3.64. The van der Waals surface area contributed by atoms with Gasteiger partial charge in [0.05, 0.1) is 4.90 Å². The predicted molar refractivity (Wildman–Crippen MR) is 73.5 cm³/mol. The third-order valence-corrected chi connectivity index (χ3v) is 5.01. The SMILES string of the molecule is CS(=O)(=O)c1cccc(NC2CCSCC2)c1. The molecule has 0 atom stereocenters. The van der Waals surface area contributed by atoms with Crippen LogP contribution >= 0.6 is 11.8 Å². The first-order chi connectivity index (χ1) is 8.05. The number of nitrogens with one attached hydrogen (secondary N) is 1. The summed E-state index contributed by atoms with van der Waals surface area (Å²) in [6, 6.07) is 7.55. The van der Waals surface area contributed by atoms with E-state index in [1.54, 1.807) is 18.2 Å². The molecule has 0 saturated carbocycles. The van der Waals surface area contributed by atoms with Crippen LogP contribution in [0.2, 0.25) is 0 Å². The molecule has 0 aliphatic carbocycles. The molecule has 1 aromatic carbocycles. The molecule has 0 spiro atoms. The number of benzene rings is 1. The monoisotopic (exact) mass is 271 g/mol. The van der Waals surface area contributed by atoms with Gasteiger partial charge in [0, 0.05) is 18.0 Å². The van der Waals surface area contributed by atoms with E-state index in [4.69, 9.17) is 0 Å². The lowest BCUT2D eigenvalue weighted by molar-refractivity contribution is 0.602. The van der Waals surface area contributed by atoms with Gasteiger partial charge in [-0.05, 0) is 42.5 Å². The molecule has 2 rings (SSSR count). The summed E-state index contributed by atoms with van der Waals surface area (Å²) in [5.41, 5.74) is 0.907. The summed E-state index contributed by atoms with van der Waals surface area (Å²) in [6.45, 7) is 0. The van der Waals surface area contributed by atoms with Crippen molar-refractivity contribution < 1.29 is 8.42 Å². The number of hydrogen-bond donors (Lipinski definition) is 1. The van der Waals surface area contributed by atoms with Crippen molar-refractivity contribution in [2.24, 2.45) is 0 Å². The van der Waals surface area contributed by atoms with Crippen LogP contribution in [0, 0.1) is 0 Å². The quantitative estimate of drug-likeness (QED) is 0.917. The van der Waals surface area contributed by atoms with Crippen molar-refractivity contribution in [3.05, 3.63) is 24.3 Å². The number of anilines is 1. The molecule has 0 amide bonds. The van der Waals surface area contributed by atoms with Crippen LogP contribution in [-0.2, 0) is 9.84 Å². The molecule has 1 N–H and O–H groups in total. The molecule has 1 saturated heterocycles. The van der Waals surface area contributed by atoms with Crippen LogP contribution in [-0.4, -0.2) is 32.2 Å². The van der Waals surface area contributed by atoms with Crippen molar-refractivity contribution >= 4 is 27.3 Å². The van der Waals surface area contributed by atoms with Gasteiger partial charge in [-0.3, -0.25) is 0 Å². The van der Waals surface area contributed by atoms with Crippen LogP contribution < -0.4 is 5.32 Å². The van der Waals surface area contributed by atoms with E-state index in [2.05, 4.69) is 5.32 Å². The van der Waals surface area contributed by atoms with E-state index in [0.717, 1.165) is 18.5 Å². The molecule has 0 aromatic heterocycles. The Kier molecular flexibility index (Phi) is 3.99. The minimum Gasteiger partial charge on any atom is -0.382 e. The van der Waals surface area contributed by atoms with Gasteiger partial charge < -0.3 is 5.32 Å². The highest BCUT2D eigenvalue weighted by Gasteiger charge is 2.14. The zero-order valence-electron chi connectivity index (χ0n) is 9.85. The van der Waals surface area contributed by atoms with Gasteiger partial charge in [0.2, 0.25) is 0 Å². The van der Waals surface area contributed by atoms with E-state index in [1.807, 2.05) is 17.8 Å². The summed E-state index contributed by atoms with van der Waals surface area (Å²) >= 11 is 1.98. The molecule has 1 aliphatic rings. The van der Waals surface area contributed by atoms with Crippen molar-refractivity contribution in [2.75, 3.05) is 23.1 Å². The lowest BCUT2D eigenvalue weighted by atomic mass is 10.1. The van der Waals surface area contributed by atoms with Crippen molar-refractivity contribution in [1.82, 2.24) is 0 Å². The van der Waals surface area contributed by atoms with E-state index >= 15 is 0 Å². The van der Waals surface area contributed by atoms with Gasteiger partial charge in [-0.2, -0.15) is 11.8 Å². The first-order valence-corrected chi connectivity index (χ1v) is 8.75. The highest BCUT2D eigenvalue weighted by molar-refractivity contribution is 7.99. The average Bonchev–Trinajstić information content (AvgIpc) is 2.29. The Morgan fingerprint density at radius 1 is 1.29 bits per heavy atom. The van der Waals surface area contributed by atoms with Gasteiger partial charge in [-0.1, -0.05) is 6.07 Å². The van der Waals surface area contributed by atoms with Gasteiger partial charge in [0.25, 0.3) is 0 Å². The Hall–Kier alpha value is -0.680. The molecule has 3 nitrogen and oxygen atoms in total. The largest absolute Gasteiger partial charge is 0.382 e. The number of hydrogen-bond acceptors (Lipinski definition) is 4. The zero-order valence-corrected chi connectivity index (χ0v) is 11.5. The lowest BCUT2D eigenvalue weighted by Gasteiger charge is -2.23. The molecule has 1 fully saturated rings. The van der Waals surface area contributed by atoms with E-state index in [0.29, 0.717) is 10.9 Å². The predicted octanol–water partition coefficient (Wildman–Crippen LogP) is 2.40. The van der Waals surface area contributed by atoms with Crippen LogP contribution in [0.25, 0.3) is 0 Å². The number of thioether (sulfide) groups is 1. The van der Waals surface area contributed by atoms with Crippen LogP contribution in [0.15, 0.2) is 29.2 Å². The highest BCUT2D eigenvalue weighted by atomic mass is 32.2. The van der Waals surface area contributed by atoms with Crippen molar-refractivity contribution in [3.8, 4) is 0 Å². The second-order valence-electron chi connectivity index (χ2n) is 4.33. The molecule has 1 heterocycles. The van der Waals surface area contributed by atoms with E-state index < -0.39 is 9.84 Å². The molecule has 0 unspecified atom stereocenters. The number of rotatable bonds is 3. The van der Waals surface area contributed by atoms with Gasteiger partial charge in [0.15, 0.2) is 9.84 Å². The average molecular weight is 271 g/mol. The van der Waals surface area contributed by atoms with Gasteiger partial charge in [0.1, 0.15) is 0 Å². The smallest absolute Gasteiger partial charge is 0.175 e. The lowest BCUT2D eigenvalue weighted by Crippen LogP contribution is -2.24. The molecule has 0 bridgehead atoms. The van der Waals surface area contributed by atoms with E-state index in [-0.39, 0.29) is 0 Å². The summed E-state index contributed by atoms with van der Waals surface area (Å²) < 4.78 is 22.9. The van der Waals surface area contributed by atoms with E-state index in [9.17, 15) is 8.42 Å². The summed E-state index contributed by atoms with van der Waals surface area (Å²) in [6.07, 6.45) is 3.53. The molecular formula is C12H17NO2S2. The second kappa shape index (κ2) is 5.31. The second-order valence-corrected chi connectivity index (χ2v) is 7.57. The highest BCUT2D eigenvalue weighted by Crippen LogP contribution is 2.22. The number of sulfone groups is 1. The van der Waals surface area contributed by atoms with Crippen molar-refractivity contribution in [1.29, 1.82) is 0 Å². The van der Waals surface area contributed by atoms with Gasteiger partial charge >= 0.3 is 0 Å². The molecule has 94 valence electrons. The first kappa shape index (κ1) is 12.8. The fraction of sp³-hybridized carbons (Fsp3) is 0.500. The van der Waals surface area contributed by atoms with E-state index in [1.165, 1.54) is 17.8 Å². The fourth-order valence-corrected chi connectivity index (χ4v) is 3.67. The molecule has 17 heavy (non-hydrogen) atoms. The Morgan fingerprint density at radius 3 is 2.65 bits per heavy atom. The standard InChI is InChI=1S/C12H17NO2S2/c1-17(14,15)12-4-2-3-11(9-12)13-10-5-7-16-8-6-10/h2-4,9-10,13H,5-8H2,1H3. The topological polar surface area (TPSA) is 46.2 Å². The minimum atomic E-state index is -3.11. The van der Waals surface area contributed by atoms with Crippen LogP contribution in [0.1, 0.15) is 12.8 Å². The Labute approximate surface area is 107 Å². The minimum absolute atomic E-state index is 0.382. The first-order valence-electron chi connectivity index (χ1n) is 5.70. The van der Waals surface area contributed by atoms with Crippen LogP contribution in [0.4, 0.5) is 5.69 Å². The van der Waals surface area contributed by atoms with Crippen molar-refractivity contribution in [3.63, 3.8) is 0 Å². The Bertz CT molecular complexity index is 479. The molecule has 0 radical (unpaired) electrons. The third-order valence-electron chi connectivity index (χ3n) is 2.85.